The Kier molecular flexibility index (Phi) is 7.44. The van der Waals surface area contributed by atoms with Crippen LogP contribution in [-0.2, 0) is 14.8 Å². The zero-order chi connectivity index (χ0) is 18.3. The van der Waals surface area contributed by atoms with Crippen LogP contribution in [0.4, 0.5) is 0 Å². The van der Waals surface area contributed by atoms with E-state index < -0.39 is 10.0 Å². The van der Waals surface area contributed by atoms with E-state index in [1.165, 1.54) is 4.31 Å². The van der Waals surface area contributed by atoms with Crippen LogP contribution in [0, 0.1) is 5.92 Å². The number of hydrogen-bond donors (Lipinski definition) is 1. The Morgan fingerprint density at radius 2 is 1.96 bits per heavy atom. The van der Waals surface area contributed by atoms with Crippen molar-refractivity contribution in [3.8, 4) is 0 Å². The van der Waals surface area contributed by atoms with Gasteiger partial charge in [0.05, 0.1) is 17.7 Å². The highest BCUT2D eigenvalue weighted by atomic mass is 32.2. The van der Waals surface area contributed by atoms with Gasteiger partial charge in [0.2, 0.25) is 15.9 Å². The van der Waals surface area contributed by atoms with E-state index in [0.29, 0.717) is 19.5 Å². The monoisotopic (exact) mass is 366 g/mol. The number of benzene rings is 1. The Morgan fingerprint density at radius 1 is 1.24 bits per heavy atom. The molecule has 1 fully saturated rings. The molecule has 0 saturated carbocycles. The summed E-state index contributed by atoms with van der Waals surface area (Å²) < 4.78 is 26.1. The van der Waals surface area contributed by atoms with Gasteiger partial charge in [0.1, 0.15) is 0 Å². The van der Waals surface area contributed by atoms with E-state index in [0.717, 1.165) is 31.2 Å². The molecule has 2 rings (SSSR count). The Morgan fingerprint density at radius 3 is 2.60 bits per heavy atom. The van der Waals surface area contributed by atoms with E-state index in [-0.39, 0.29) is 23.6 Å². The topological polar surface area (TPSA) is 66.5 Å². The second kappa shape index (κ2) is 9.34. The second-order valence-electron chi connectivity index (χ2n) is 6.77. The minimum atomic E-state index is -3.24. The van der Waals surface area contributed by atoms with Crippen LogP contribution in [0.2, 0.25) is 0 Å². The first-order chi connectivity index (χ1) is 12.0. The third-order valence-corrected chi connectivity index (χ3v) is 6.75. The number of rotatable bonds is 8. The number of carbonyl (C=O) groups is 1. The van der Waals surface area contributed by atoms with Gasteiger partial charge in [-0.3, -0.25) is 4.79 Å². The van der Waals surface area contributed by atoms with E-state index in [4.69, 9.17) is 0 Å². The van der Waals surface area contributed by atoms with E-state index in [9.17, 15) is 13.2 Å². The van der Waals surface area contributed by atoms with Crippen molar-refractivity contribution in [2.45, 2.75) is 52.0 Å². The zero-order valence-electron chi connectivity index (χ0n) is 15.3. The van der Waals surface area contributed by atoms with Gasteiger partial charge in [0.15, 0.2) is 0 Å². The molecule has 1 saturated heterocycles. The van der Waals surface area contributed by atoms with Crippen molar-refractivity contribution in [2.24, 2.45) is 5.92 Å². The molecule has 25 heavy (non-hydrogen) atoms. The highest BCUT2D eigenvalue weighted by molar-refractivity contribution is 7.89. The van der Waals surface area contributed by atoms with Crippen molar-refractivity contribution in [2.75, 3.05) is 18.8 Å². The number of amides is 1. The van der Waals surface area contributed by atoms with Crippen molar-refractivity contribution in [1.29, 1.82) is 0 Å². The van der Waals surface area contributed by atoms with Gasteiger partial charge in [-0.15, -0.1) is 0 Å². The Balaban J connectivity index is 2.03. The molecule has 1 amide bonds. The quantitative estimate of drug-likeness (QED) is 0.769. The van der Waals surface area contributed by atoms with Crippen LogP contribution in [0.5, 0.6) is 0 Å². The first-order valence-electron chi connectivity index (χ1n) is 9.31. The molecule has 1 aromatic carbocycles. The van der Waals surface area contributed by atoms with E-state index in [1.54, 1.807) is 0 Å². The van der Waals surface area contributed by atoms with E-state index in [2.05, 4.69) is 12.2 Å². The normalized spacial score (nSPS) is 20.2. The minimum absolute atomic E-state index is 0.0127. The smallest absolute Gasteiger partial charge is 0.224 e. The van der Waals surface area contributed by atoms with Gasteiger partial charge < -0.3 is 5.32 Å². The molecule has 5 nitrogen and oxygen atoms in total. The minimum Gasteiger partial charge on any atom is -0.349 e. The lowest BCUT2D eigenvalue weighted by Gasteiger charge is -2.32. The van der Waals surface area contributed by atoms with Crippen LogP contribution < -0.4 is 5.32 Å². The third-order valence-electron chi connectivity index (χ3n) is 4.71. The van der Waals surface area contributed by atoms with Crippen LogP contribution in [0.15, 0.2) is 30.3 Å². The molecular weight excluding hydrogens is 336 g/mol. The molecule has 2 atom stereocenters. The highest BCUT2D eigenvalue weighted by Gasteiger charge is 2.32. The first-order valence-corrected chi connectivity index (χ1v) is 10.9. The lowest BCUT2D eigenvalue weighted by atomic mass is 9.96. The summed E-state index contributed by atoms with van der Waals surface area (Å²) in [6.07, 6.45) is 3.94. The summed E-state index contributed by atoms with van der Waals surface area (Å²) in [6.45, 7) is 4.80. The molecule has 1 aliphatic rings. The molecular formula is C19H30N2O3S. The first kappa shape index (κ1) is 19.9. The summed E-state index contributed by atoms with van der Waals surface area (Å²) >= 11 is 0. The molecule has 1 aliphatic heterocycles. The maximum absolute atomic E-state index is 12.8. The van der Waals surface area contributed by atoms with Crippen LogP contribution >= 0.6 is 0 Å². The molecule has 140 valence electrons. The largest absolute Gasteiger partial charge is 0.349 e. The summed E-state index contributed by atoms with van der Waals surface area (Å²) in [4.78, 5) is 12.8. The van der Waals surface area contributed by atoms with Crippen molar-refractivity contribution in [3.05, 3.63) is 35.9 Å². The molecule has 1 aromatic rings. The third kappa shape index (κ3) is 5.54. The number of piperidine rings is 1. The van der Waals surface area contributed by atoms with Crippen LogP contribution in [0.1, 0.15) is 57.6 Å². The van der Waals surface area contributed by atoms with Gasteiger partial charge in [0.25, 0.3) is 0 Å². The van der Waals surface area contributed by atoms with Gasteiger partial charge in [-0.05, 0) is 31.2 Å². The van der Waals surface area contributed by atoms with Crippen molar-refractivity contribution in [1.82, 2.24) is 9.62 Å². The number of sulfonamides is 1. The predicted octanol–water partition coefficient (Wildman–Crippen LogP) is 3.10. The molecule has 1 heterocycles. The second-order valence-corrected chi connectivity index (χ2v) is 8.86. The number of hydrogen-bond acceptors (Lipinski definition) is 3. The van der Waals surface area contributed by atoms with Crippen molar-refractivity contribution in [3.63, 3.8) is 0 Å². The fourth-order valence-electron chi connectivity index (χ4n) is 3.38. The summed E-state index contributed by atoms with van der Waals surface area (Å²) in [5, 5.41) is 3.15. The van der Waals surface area contributed by atoms with Crippen LogP contribution in [0.3, 0.4) is 0 Å². The lowest BCUT2D eigenvalue weighted by molar-refractivity contribution is -0.126. The predicted molar refractivity (Wildman–Crippen MR) is 101 cm³/mol. The summed E-state index contributed by atoms with van der Waals surface area (Å²) in [5.74, 6) is -0.133. The van der Waals surface area contributed by atoms with Crippen LogP contribution in [-0.4, -0.2) is 37.5 Å². The van der Waals surface area contributed by atoms with Crippen molar-refractivity contribution >= 4 is 15.9 Å². The number of nitrogens with one attached hydrogen (secondary N) is 1. The summed E-state index contributed by atoms with van der Waals surface area (Å²) in [7, 11) is -3.24. The molecule has 0 aromatic heterocycles. The van der Waals surface area contributed by atoms with Crippen LogP contribution in [0.25, 0.3) is 0 Å². The number of nitrogens with zero attached hydrogens (tertiary/aromatic N) is 1. The number of carbonyl (C=O) groups excluding carboxylic acids is 1. The van der Waals surface area contributed by atoms with Crippen molar-refractivity contribution < 1.29 is 13.2 Å². The van der Waals surface area contributed by atoms with Gasteiger partial charge >= 0.3 is 0 Å². The maximum atomic E-state index is 12.8. The van der Waals surface area contributed by atoms with Gasteiger partial charge in [-0.1, -0.05) is 50.6 Å². The SMILES string of the molecule is CCC[C@@H](NC(=O)[C@@H]1CCCN(S(=O)(=O)CCC)C1)c1ccccc1. The standard InChI is InChI=1S/C19H30N2O3S/c1-3-9-18(16-10-6-5-7-11-16)20-19(22)17-12-8-13-21(15-17)25(23,24)14-4-2/h5-7,10-11,17-18H,3-4,8-9,12-15H2,1-2H3,(H,20,22)/t17-,18-/m1/s1. The van der Waals surface area contributed by atoms with Gasteiger partial charge in [-0.25, -0.2) is 12.7 Å². The molecule has 6 heteroatoms. The van der Waals surface area contributed by atoms with Gasteiger partial charge in [0, 0.05) is 13.1 Å². The molecule has 0 aliphatic carbocycles. The summed E-state index contributed by atoms with van der Waals surface area (Å²) in [5.41, 5.74) is 1.10. The molecule has 0 radical (unpaired) electrons. The fourth-order valence-corrected chi connectivity index (χ4v) is 4.97. The average Bonchev–Trinajstić information content (AvgIpc) is 2.62. The maximum Gasteiger partial charge on any atom is 0.224 e. The Bertz CT molecular complexity index is 646. The molecule has 1 N–H and O–H groups in total. The molecule has 0 spiro atoms. The van der Waals surface area contributed by atoms with Gasteiger partial charge in [-0.2, -0.15) is 0 Å². The molecule has 0 unspecified atom stereocenters. The Hall–Kier alpha value is -1.40. The lowest BCUT2D eigenvalue weighted by Crippen LogP contribution is -2.46. The Labute approximate surface area is 151 Å². The van der Waals surface area contributed by atoms with E-state index in [1.807, 2.05) is 37.3 Å². The summed E-state index contributed by atoms with van der Waals surface area (Å²) in [6, 6.07) is 9.96. The fraction of sp³-hybridized carbons (Fsp3) is 0.632. The molecule has 0 bridgehead atoms. The zero-order valence-corrected chi connectivity index (χ0v) is 16.1. The highest BCUT2D eigenvalue weighted by Crippen LogP contribution is 2.23. The average molecular weight is 367 g/mol. The van der Waals surface area contributed by atoms with E-state index >= 15 is 0 Å².